The summed E-state index contributed by atoms with van der Waals surface area (Å²) < 4.78 is 4.93. The molecule has 1 atom stereocenters. The van der Waals surface area contributed by atoms with Gasteiger partial charge in [0.1, 0.15) is 0 Å². The largest absolute Gasteiger partial charge is 0.354 e. The molecule has 0 bridgehead atoms. The molecule has 6 nitrogen and oxygen atoms in total. The summed E-state index contributed by atoms with van der Waals surface area (Å²) in [7, 11) is 0. The lowest BCUT2D eigenvalue weighted by molar-refractivity contribution is -0.122. The highest BCUT2D eigenvalue weighted by Gasteiger charge is 2.14. The average Bonchev–Trinajstić information content (AvgIpc) is 2.63. The van der Waals surface area contributed by atoms with Crippen molar-refractivity contribution in [1.82, 2.24) is 15.5 Å². The van der Waals surface area contributed by atoms with Crippen molar-refractivity contribution in [2.75, 3.05) is 6.54 Å². The lowest BCUT2D eigenvalue weighted by Crippen LogP contribution is -2.42. The van der Waals surface area contributed by atoms with Crippen LogP contribution in [0.25, 0.3) is 0 Å². The summed E-state index contributed by atoms with van der Waals surface area (Å²) in [5, 5.41) is 6.42. The molecule has 0 spiro atoms. The Morgan fingerprint density at radius 3 is 2.76 bits per heavy atom. The van der Waals surface area contributed by atoms with Gasteiger partial charge in [-0.1, -0.05) is 19.0 Å². The van der Waals surface area contributed by atoms with E-state index in [2.05, 4.69) is 15.5 Å². The Morgan fingerprint density at radius 1 is 1.53 bits per heavy atom. The van der Waals surface area contributed by atoms with Crippen LogP contribution in [0.2, 0.25) is 0 Å². The number of amides is 1. The van der Waals surface area contributed by atoms with E-state index in [1.54, 1.807) is 6.92 Å². The van der Waals surface area contributed by atoms with Crippen LogP contribution in [0.4, 0.5) is 0 Å². The summed E-state index contributed by atoms with van der Waals surface area (Å²) in [6, 6.07) is -0.445. The Labute approximate surface area is 101 Å². The van der Waals surface area contributed by atoms with Crippen molar-refractivity contribution >= 4 is 5.91 Å². The van der Waals surface area contributed by atoms with Gasteiger partial charge in [0.05, 0.1) is 6.04 Å². The van der Waals surface area contributed by atoms with Gasteiger partial charge in [-0.05, 0) is 19.3 Å². The minimum absolute atomic E-state index is 0.130. The molecule has 1 unspecified atom stereocenters. The van der Waals surface area contributed by atoms with E-state index in [1.165, 1.54) is 0 Å². The van der Waals surface area contributed by atoms with Crippen molar-refractivity contribution in [1.29, 1.82) is 0 Å². The average molecular weight is 240 g/mol. The Kier molecular flexibility index (Phi) is 5.09. The van der Waals surface area contributed by atoms with Crippen LogP contribution in [0, 0.1) is 12.8 Å². The molecule has 0 saturated heterocycles. The van der Waals surface area contributed by atoms with Crippen LogP contribution in [0.3, 0.4) is 0 Å². The predicted octanol–water partition coefficient (Wildman–Crippen LogP) is 0.410. The van der Waals surface area contributed by atoms with E-state index in [-0.39, 0.29) is 5.91 Å². The highest BCUT2D eigenvalue weighted by molar-refractivity contribution is 5.81. The fourth-order valence-electron chi connectivity index (χ4n) is 1.48. The maximum absolute atomic E-state index is 11.6. The van der Waals surface area contributed by atoms with E-state index in [1.807, 2.05) is 13.8 Å². The molecule has 1 heterocycles. The number of nitrogens with zero attached hydrogens (tertiary/aromatic N) is 2. The number of hydrogen-bond acceptors (Lipinski definition) is 5. The van der Waals surface area contributed by atoms with Crippen LogP contribution in [0.1, 0.15) is 32.0 Å². The fraction of sp³-hybridized carbons (Fsp3) is 0.727. The molecule has 1 rings (SSSR count). The van der Waals surface area contributed by atoms with E-state index >= 15 is 0 Å². The summed E-state index contributed by atoms with van der Waals surface area (Å²) >= 11 is 0. The number of carbonyl (C=O) groups is 1. The molecule has 0 aliphatic rings. The second kappa shape index (κ2) is 6.34. The first-order valence-electron chi connectivity index (χ1n) is 5.81. The van der Waals surface area contributed by atoms with Gasteiger partial charge in [0, 0.05) is 13.0 Å². The van der Waals surface area contributed by atoms with Crippen LogP contribution in [-0.2, 0) is 11.2 Å². The van der Waals surface area contributed by atoms with Gasteiger partial charge in [0.25, 0.3) is 0 Å². The molecule has 1 aromatic rings. The Hall–Kier alpha value is -1.43. The van der Waals surface area contributed by atoms with E-state index in [0.717, 1.165) is 0 Å². The van der Waals surface area contributed by atoms with Crippen LogP contribution in [0.5, 0.6) is 0 Å². The molecule has 3 N–H and O–H groups in total. The molecule has 17 heavy (non-hydrogen) atoms. The summed E-state index contributed by atoms with van der Waals surface area (Å²) in [6.07, 6.45) is 1.21. The quantitative estimate of drug-likeness (QED) is 0.751. The van der Waals surface area contributed by atoms with E-state index in [4.69, 9.17) is 10.3 Å². The molecule has 0 aliphatic carbocycles. The normalized spacial score (nSPS) is 12.8. The summed E-state index contributed by atoms with van der Waals surface area (Å²) in [6.45, 7) is 6.29. The molecule has 1 aromatic heterocycles. The number of hydrogen-bond donors (Lipinski definition) is 2. The molecule has 0 aromatic carbocycles. The van der Waals surface area contributed by atoms with Gasteiger partial charge >= 0.3 is 0 Å². The van der Waals surface area contributed by atoms with Crippen LogP contribution in [0.15, 0.2) is 4.52 Å². The van der Waals surface area contributed by atoms with Gasteiger partial charge in [0.2, 0.25) is 11.8 Å². The van der Waals surface area contributed by atoms with Crippen LogP contribution >= 0.6 is 0 Å². The number of aryl methyl sites for hydroxylation is 1. The van der Waals surface area contributed by atoms with Crippen molar-refractivity contribution < 1.29 is 9.32 Å². The number of rotatable bonds is 6. The third-order valence-corrected chi connectivity index (χ3v) is 2.27. The summed E-state index contributed by atoms with van der Waals surface area (Å²) in [5.74, 6) is 1.41. The SMILES string of the molecule is Cc1noc(CCNC(=O)C(N)CC(C)C)n1. The van der Waals surface area contributed by atoms with Crippen molar-refractivity contribution in [3.05, 3.63) is 11.7 Å². The first-order chi connectivity index (χ1) is 7.99. The zero-order valence-corrected chi connectivity index (χ0v) is 10.6. The van der Waals surface area contributed by atoms with Crippen LogP contribution < -0.4 is 11.1 Å². The lowest BCUT2D eigenvalue weighted by atomic mass is 10.0. The second-order valence-corrected chi connectivity index (χ2v) is 4.51. The number of carbonyl (C=O) groups excluding carboxylic acids is 1. The van der Waals surface area contributed by atoms with E-state index in [9.17, 15) is 4.79 Å². The highest BCUT2D eigenvalue weighted by atomic mass is 16.5. The molecule has 0 fully saturated rings. The third-order valence-electron chi connectivity index (χ3n) is 2.27. The first-order valence-corrected chi connectivity index (χ1v) is 5.81. The van der Waals surface area contributed by atoms with Crippen molar-refractivity contribution in [3.8, 4) is 0 Å². The Bertz CT molecular complexity index is 362. The summed E-state index contributed by atoms with van der Waals surface area (Å²) in [4.78, 5) is 15.6. The Balaban J connectivity index is 2.24. The zero-order valence-electron chi connectivity index (χ0n) is 10.6. The number of nitrogens with two attached hydrogens (primary N) is 1. The lowest BCUT2D eigenvalue weighted by Gasteiger charge is -2.13. The standard InChI is InChI=1S/C11H20N4O2/c1-7(2)6-9(12)11(16)13-5-4-10-14-8(3)15-17-10/h7,9H,4-6,12H2,1-3H3,(H,13,16). The molecule has 0 radical (unpaired) electrons. The molecule has 6 heteroatoms. The zero-order chi connectivity index (χ0) is 12.8. The highest BCUT2D eigenvalue weighted by Crippen LogP contribution is 2.02. The Morgan fingerprint density at radius 2 is 2.24 bits per heavy atom. The summed E-state index contributed by atoms with van der Waals surface area (Å²) in [5.41, 5.74) is 5.74. The van der Waals surface area contributed by atoms with Gasteiger partial charge < -0.3 is 15.6 Å². The minimum atomic E-state index is -0.445. The van der Waals surface area contributed by atoms with Gasteiger partial charge in [-0.15, -0.1) is 0 Å². The van der Waals surface area contributed by atoms with Gasteiger partial charge in [0.15, 0.2) is 5.82 Å². The number of nitrogens with one attached hydrogen (secondary N) is 1. The molecular weight excluding hydrogens is 220 g/mol. The molecule has 96 valence electrons. The van der Waals surface area contributed by atoms with Crippen molar-refractivity contribution in [2.45, 2.75) is 39.7 Å². The smallest absolute Gasteiger partial charge is 0.236 e. The van der Waals surface area contributed by atoms with Crippen LogP contribution in [-0.4, -0.2) is 28.6 Å². The molecule has 0 aliphatic heterocycles. The molecule has 1 amide bonds. The minimum Gasteiger partial charge on any atom is -0.354 e. The monoisotopic (exact) mass is 240 g/mol. The maximum Gasteiger partial charge on any atom is 0.236 e. The van der Waals surface area contributed by atoms with E-state index < -0.39 is 6.04 Å². The second-order valence-electron chi connectivity index (χ2n) is 4.51. The van der Waals surface area contributed by atoms with Gasteiger partial charge in [-0.3, -0.25) is 4.79 Å². The third kappa shape index (κ3) is 4.95. The first kappa shape index (κ1) is 13.6. The molecular formula is C11H20N4O2. The maximum atomic E-state index is 11.6. The molecule has 0 saturated carbocycles. The van der Waals surface area contributed by atoms with E-state index in [0.29, 0.717) is 37.0 Å². The topological polar surface area (TPSA) is 94.0 Å². The predicted molar refractivity (Wildman–Crippen MR) is 63.2 cm³/mol. The fourth-order valence-corrected chi connectivity index (χ4v) is 1.48. The van der Waals surface area contributed by atoms with Crippen molar-refractivity contribution in [2.24, 2.45) is 11.7 Å². The van der Waals surface area contributed by atoms with Crippen molar-refractivity contribution in [3.63, 3.8) is 0 Å². The van der Waals surface area contributed by atoms with Gasteiger partial charge in [-0.2, -0.15) is 4.98 Å². The van der Waals surface area contributed by atoms with Gasteiger partial charge in [-0.25, -0.2) is 0 Å². The number of aromatic nitrogens is 2.